The molecular formula is C29H29NO3. The molecule has 3 saturated heterocycles. The minimum atomic E-state index is -0.531. The van der Waals surface area contributed by atoms with Gasteiger partial charge >= 0.3 is 5.97 Å². The summed E-state index contributed by atoms with van der Waals surface area (Å²) in [4.78, 5) is 16.6. The number of benzene rings is 3. The smallest absolute Gasteiger partial charge is 0.318 e. The Balaban J connectivity index is 1.41. The molecule has 1 unspecified atom stereocenters. The Bertz CT molecular complexity index is 1120. The number of carbonyl (C=O) groups is 1. The predicted octanol–water partition coefficient (Wildman–Crippen LogP) is 5.74. The second-order valence-corrected chi connectivity index (χ2v) is 9.67. The van der Waals surface area contributed by atoms with Gasteiger partial charge in [0.15, 0.2) is 0 Å². The van der Waals surface area contributed by atoms with Gasteiger partial charge in [0.05, 0.1) is 0 Å². The van der Waals surface area contributed by atoms with Gasteiger partial charge in [-0.2, -0.15) is 0 Å². The number of nitrogens with zero attached hydrogens (tertiary/aromatic N) is 1. The third-order valence-electron chi connectivity index (χ3n) is 7.99. The summed E-state index contributed by atoms with van der Waals surface area (Å²) in [6.07, 6.45) is 2.15. The standard InChI is InChI=1S/C29H29NO3/c1-20(21-9-3-2-4-10-21)29(19-30-17-15-22(29)16-18-30)33-28(31)27-23-11-5-7-13-25(23)32-26-14-8-6-12-24(26)27/h2-14,20,22,27H,15-19H2,1H3/t20?,29-/m0/s1. The van der Waals surface area contributed by atoms with Crippen molar-refractivity contribution in [2.24, 2.45) is 5.92 Å². The Hall–Kier alpha value is -3.11. The second kappa shape index (κ2) is 8.03. The molecule has 3 aromatic rings. The number of rotatable bonds is 4. The Morgan fingerprint density at radius 2 is 1.48 bits per heavy atom. The molecule has 0 N–H and O–H groups in total. The molecule has 4 heteroatoms. The maximum Gasteiger partial charge on any atom is 0.318 e. The Morgan fingerprint density at radius 1 is 0.909 bits per heavy atom. The molecule has 0 radical (unpaired) electrons. The number of fused-ring (bicyclic) bond motifs is 5. The number of esters is 1. The van der Waals surface area contributed by atoms with E-state index in [1.807, 2.05) is 54.6 Å². The number of carbonyl (C=O) groups excluding carboxylic acids is 1. The molecule has 4 nitrogen and oxygen atoms in total. The third kappa shape index (κ3) is 3.36. The van der Waals surface area contributed by atoms with Crippen LogP contribution in [-0.4, -0.2) is 36.1 Å². The molecule has 4 aliphatic rings. The minimum absolute atomic E-state index is 0.112. The van der Waals surface area contributed by atoms with E-state index in [2.05, 4.69) is 36.1 Å². The zero-order chi connectivity index (χ0) is 22.4. The first kappa shape index (κ1) is 20.5. The number of hydrogen-bond acceptors (Lipinski definition) is 4. The van der Waals surface area contributed by atoms with Gasteiger partial charge in [0, 0.05) is 29.5 Å². The van der Waals surface area contributed by atoms with Gasteiger partial charge in [-0.15, -0.1) is 0 Å². The maximum absolute atomic E-state index is 14.1. The molecule has 4 heterocycles. The highest BCUT2D eigenvalue weighted by Gasteiger charge is 2.54. The average Bonchev–Trinajstić information content (AvgIpc) is 2.87. The highest BCUT2D eigenvalue weighted by molar-refractivity contribution is 5.86. The first-order valence-electron chi connectivity index (χ1n) is 12.0. The van der Waals surface area contributed by atoms with Crippen molar-refractivity contribution in [1.82, 2.24) is 4.90 Å². The molecule has 7 rings (SSSR count). The lowest BCUT2D eigenvalue weighted by atomic mass is 9.67. The first-order chi connectivity index (χ1) is 16.2. The average molecular weight is 440 g/mol. The molecule has 4 aliphatic heterocycles. The zero-order valence-electron chi connectivity index (χ0n) is 18.9. The topological polar surface area (TPSA) is 38.8 Å². The Labute approximate surface area is 195 Å². The second-order valence-electron chi connectivity index (χ2n) is 9.67. The van der Waals surface area contributed by atoms with Crippen LogP contribution < -0.4 is 4.74 Å². The van der Waals surface area contributed by atoms with E-state index in [0.717, 1.165) is 55.1 Å². The molecule has 0 aromatic heterocycles. The first-order valence-corrected chi connectivity index (χ1v) is 12.0. The highest BCUT2D eigenvalue weighted by Crippen LogP contribution is 2.50. The van der Waals surface area contributed by atoms with Crippen LogP contribution in [0.4, 0.5) is 0 Å². The molecule has 0 spiro atoms. The monoisotopic (exact) mass is 439 g/mol. The molecule has 0 amide bonds. The van der Waals surface area contributed by atoms with E-state index in [1.165, 1.54) is 5.56 Å². The van der Waals surface area contributed by atoms with Crippen LogP contribution in [0.25, 0.3) is 0 Å². The number of hydrogen-bond donors (Lipinski definition) is 0. The summed E-state index contributed by atoms with van der Waals surface area (Å²) in [7, 11) is 0. The zero-order valence-corrected chi connectivity index (χ0v) is 18.9. The van der Waals surface area contributed by atoms with Crippen molar-refractivity contribution in [2.75, 3.05) is 19.6 Å². The largest absolute Gasteiger partial charge is 0.457 e. The molecule has 33 heavy (non-hydrogen) atoms. The van der Waals surface area contributed by atoms with Crippen LogP contribution in [0.5, 0.6) is 11.5 Å². The van der Waals surface area contributed by atoms with Gasteiger partial charge in [-0.3, -0.25) is 9.69 Å². The van der Waals surface area contributed by atoms with E-state index in [1.54, 1.807) is 0 Å². The van der Waals surface area contributed by atoms with Crippen LogP contribution in [0.3, 0.4) is 0 Å². The summed E-state index contributed by atoms with van der Waals surface area (Å²) in [6, 6.07) is 26.2. The van der Waals surface area contributed by atoms with Crippen molar-refractivity contribution >= 4 is 5.97 Å². The van der Waals surface area contributed by atoms with Gasteiger partial charge in [0.1, 0.15) is 23.0 Å². The molecule has 0 aliphatic carbocycles. The molecule has 3 aromatic carbocycles. The van der Waals surface area contributed by atoms with E-state index < -0.39 is 11.5 Å². The van der Waals surface area contributed by atoms with Crippen LogP contribution >= 0.6 is 0 Å². The van der Waals surface area contributed by atoms with Gasteiger partial charge in [-0.1, -0.05) is 73.7 Å². The third-order valence-corrected chi connectivity index (χ3v) is 7.99. The quantitative estimate of drug-likeness (QED) is 0.486. The van der Waals surface area contributed by atoms with Crippen LogP contribution in [-0.2, 0) is 9.53 Å². The van der Waals surface area contributed by atoms with E-state index in [4.69, 9.17) is 9.47 Å². The fourth-order valence-electron chi connectivity index (χ4n) is 6.19. The predicted molar refractivity (Wildman–Crippen MR) is 128 cm³/mol. The fourth-order valence-corrected chi connectivity index (χ4v) is 6.19. The normalized spacial score (nSPS) is 26.6. The summed E-state index contributed by atoms with van der Waals surface area (Å²) in [5.74, 6) is 1.29. The van der Waals surface area contributed by atoms with Crippen molar-refractivity contribution in [3.63, 3.8) is 0 Å². The van der Waals surface area contributed by atoms with Gasteiger partial charge in [0.2, 0.25) is 0 Å². The van der Waals surface area contributed by atoms with E-state index in [9.17, 15) is 4.79 Å². The van der Waals surface area contributed by atoms with Crippen molar-refractivity contribution in [2.45, 2.75) is 37.2 Å². The SMILES string of the molecule is CC(c1ccccc1)[C@@]1(OC(=O)C2c3ccccc3Oc3ccccc32)CN2CCC1CC2. The minimum Gasteiger partial charge on any atom is -0.457 e. The molecular weight excluding hydrogens is 410 g/mol. The Morgan fingerprint density at radius 3 is 2.06 bits per heavy atom. The molecule has 2 atom stereocenters. The lowest BCUT2D eigenvalue weighted by Gasteiger charge is -2.55. The number of para-hydroxylation sites is 2. The van der Waals surface area contributed by atoms with E-state index in [-0.39, 0.29) is 11.9 Å². The summed E-state index contributed by atoms with van der Waals surface area (Å²) >= 11 is 0. The summed E-state index contributed by atoms with van der Waals surface area (Å²) in [6.45, 7) is 5.21. The summed E-state index contributed by atoms with van der Waals surface area (Å²) < 4.78 is 12.9. The lowest BCUT2D eigenvalue weighted by Crippen LogP contribution is -2.63. The van der Waals surface area contributed by atoms with Crippen LogP contribution in [0.1, 0.15) is 48.3 Å². The highest BCUT2D eigenvalue weighted by atomic mass is 16.6. The van der Waals surface area contributed by atoms with E-state index in [0.29, 0.717) is 5.92 Å². The lowest BCUT2D eigenvalue weighted by molar-refractivity contribution is -0.189. The van der Waals surface area contributed by atoms with Crippen molar-refractivity contribution in [3.8, 4) is 11.5 Å². The van der Waals surface area contributed by atoms with Crippen LogP contribution in [0, 0.1) is 5.92 Å². The van der Waals surface area contributed by atoms with Gasteiger partial charge in [-0.25, -0.2) is 0 Å². The molecule has 2 bridgehead atoms. The summed E-state index contributed by atoms with van der Waals surface area (Å²) in [5.41, 5.74) is 2.46. The van der Waals surface area contributed by atoms with Crippen LogP contribution in [0.15, 0.2) is 78.9 Å². The number of piperidine rings is 3. The number of ether oxygens (including phenoxy) is 2. The van der Waals surface area contributed by atoms with Gasteiger partial charge in [0.25, 0.3) is 0 Å². The molecule has 3 fully saturated rings. The van der Waals surface area contributed by atoms with E-state index >= 15 is 0 Å². The molecule has 0 saturated carbocycles. The Kier molecular flexibility index (Phi) is 4.99. The molecule has 168 valence electrons. The van der Waals surface area contributed by atoms with Gasteiger partial charge < -0.3 is 9.47 Å². The van der Waals surface area contributed by atoms with Gasteiger partial charge in [-0.05, 0) is 43.6 Å². The fraction of sp³-hybridized carbons (Fsp3) is 0.345. The summed E-state index contributed by atoms with van der Waals surface area (Å²) in [5, 5.41) is 0. The maximum atomic E-state index is 14.1. The van der Waals surface area contributed by atoms with Crippen molar-refractivity contribution in [3.05, 3.63) is 95.6 Å². The van der Waals surface area contributed by atoms with Crippen LogP contribution in [0.2, 0.25) is 0 Å². The van der Waals surface area contributed by atoms with Crippen molar-refractivity contribution in [1.29, 1.82) is 0 Å². The van der Waals surface area contributed by atoms with Crippen molar-refractivity contribution < 1.29 is 14.3 Å².